The largest absolute Gasteiger partial charge is 0.483 e. The van der Waals surface area contributed by atoms with Crippen LogP contribution in [0.1, 0.15) is 29.5 Å². The maximum atomic E-state index is 12.1. The van der Waals surface area contributed by atoms with Crippen LogP contribution in [0.4, 0.5) is 11.4 Å². The second kappa shape index (κ2) is 7.60. The van der Waals surface area contributed by atoms with Gasteiger partial charge in [0, 0.05) is 17.3 Å². The van der Waals surface area contributed by atoms with Crippen LogP contribution in [0, 0.1) is 26.7 Å². The maximum Gasteiger partial charge on any atom is 0.262 e. The predicted molar refractivity (Wildman–Crippen MR) is 103 cm³/mol. The minimum absolute atomic E-state index is 0.0507. The van der Waals surface area contributed by atoms with Crippen molar-refractivity contribution in [3.8, 4) is 5.75 Å². The molecule has 1 aliphatic carbocycles. The third-order valence-corrected chi connectivity index (χ3v) is 4.34. The second-order valence-corrected chi connectivity index (χ2v) is 6.91. The molecule has 5 heteroatoms. The van der Waals surface area contributed by atoms with Gasteiger partial charge in [-0.15, -0.1) is 0 Å². The summed E-state index contributed by atoms with van der Waals surface area (Å²) in [5.74, 6) is 0.766. The van der Waals surface area contributed by atoms with E-state index < -0.39 is 0 Å². The van der Waals surface area contributed by atoms with Crippen molar-refractivity contribution >= 4 is 23.2 Å². The normalized spacial score (nSPS) is 13.2. The molecule has 0 radical (unpaired) electrons. The van der Waals surface area contributed by atoms with E-state index in [-0.39, 0.29) is 24.3 Å². The molecule has 1 saturated carbocycles. The Morgan fingerprint density at radius 2 is 1.50 bits per heavy atom. The molecule has 136 valence electrons. The summed E-state index contributed by atoms with van der Waals surface area (Å²) in [5, 5.41) is 5.67. The number of rotatable bonds is 6. The van der Waals surface area contributed by atoms with E-state index in [1.165, 1.54) is 5.56 Å². The van der Waals surface area contributed by atoms with E-state index in [0.29, 0.717) is 5.69 Å². The molecule has 2 aromatic carbocycles. The average Bonchev–Trinajstić information content (AvgIpc) is 3.40. The van der Waals surface area contributed by atoms with Gasteiger partial charge in [-0.25, -0.2) is 0 Å². The first-order valence-corrected chi connectivity index (χ1v) is 8.84. The van der Waals surface area contributed by atoms with Crippen molar-refractivity contribution in [2.75, 3.05) is 17.2 Å². The Bertz CT molecular complexity index is 801. The quantitative estimate of drug-likeness (QED) is 0.826. The number of ether oxygens (including phenoxy) is 1. The fourth-order valence-corrected chi connectivity index (χ4v) is 2.96. The fraction of sp³-hybridized carbons (Fsp3) is 0.333. The van der Waals surface area contributed by atoms with Crippen molar-refractivity contribution in [3.05, 3.63) is 53.1 Å². The molecule has 0 saturated heterocycles. The molecule has 0 unspecified atom stereocenters. The summed E-state index contributed by atoms with van der Waals surface area (Å²) in [6.45, 7) is 5.93. The van der Waals surface area contributed by atoms with Gasteiger partial charge in [-0.05, 0) is 69.0 Å². The van der Waals surface area contributed by atoms with Crippen LogP contribution in [-0.4, -0.2) is 18.4 Å². The Labute approximate surface area is 153 Å². The summed E-state index contributed by atoms with van der Waals surface area (Å²) in [7, 11) is 0. The Hall–Kier alpha value is -2.82. The molecular formula is C21H24N2O3. The van der Waals surface area contributed by atoms with Crippen LogP contribution < -0.4 is 15.4 Å². The van der Waals surface area contributed by atoms with Crippen molar-refractivity contribution in [2.24, 2.45) is 5.92 Å². The van der Waals surface area contributed by atoms with Gasteiger partial charge in [-0.2, -0.15) is 0 Å². The molecule has 5 nitrogen and oxygen atoms in total. The number of carbonyl (C=O) groups is 2. The van der Waals surface area contributed by atoms with E-state index in [1.807, 2.05) is 32.9 Å². The lowest BCUT2D eigenvalue weighted by atomic mass is 10.1. The fourth-order valence-electron chi connectivity index (χ4n) is 2.96. The van der Waals surface area contributed by atoms with Gasteiger partial charge in [0.05, 0.1) is 0 Å². The lowest BCUT2D eigenvalue weighted by Crippen LogP contribution is -2.20. The molecule has 0 heterocycles. The number of hydrogen-bond donors (Lipinski definition) is 2. The van der Waals surface area contributed by atoms with Gasteiger partial charge < -0.3 is 15.4 Å². The number of hydrogen-bond acceptors (Lipinski definition) is 3. The monoisotopic (exact) mass is 352 g/mol. The minimum Gasteiger partial charge on any atom is -0.483 e. The summed E-state index contributed by atoms with van der Waals surface area (Å²) >= 11 is 0. The number of nitrogens with one attached hydrogen (secondary N) is 2. The van der Waals surface area contributed by atoms with Crippen molar-refractivity contribution < 1.29 is 14.3 Å². The van der Waals surface area contributed by atoms with Crippen LogP contribution in [0.3, 0.4) is 0 Å². The lowest BCUT2D eigenvalue weighted by Gasteiger charge is -2.13. The van der Waals surface area contributed by atoms with Crippen LogP contribution in [0.2, 0.25) is 0 Å². The Kier molecular flexibility index (Phi) is 5.26. The first-order valence-electron chi connectivity index (χ1n) is 8.84. The predicted octanol–water partition coefficient (Wildman–Crippen LogP) is 3.98. The van der Waals surface area contributed by atoms with Gasteiger partial charge in [-0.1, -0.05) is 17.7 Å². The summed E-state index contributed by atoms with van der Waals surface area (Å²) in [6.07, 6.45) is 1.94. The molecule has 2 N–H and O–H groups in total. The van der Waals surface area contributed by atoms with Crippen LogP contribution in [0.15, 0.2) is 36.4 Å². The van der Waals surface area contributed by atoms with Crippen molar-refractivity contribution in [1.82, 2.24) is 0 Å². The molecular weight excluding hydrogens is 328 g/mol. The van der Waals surface area contributed by atoms with Gasteiger partial charge in [-0.3, -0.25) is 9.59 Å². The molecule has 26 heavy (non-hydrogen) atoms. The molecule has 0 spiro atoms. The van der Waals surface area contributed by atoms with Crippen LogP contribution in [-0.2, 0) is 9.59 Å². The summed E-state index contributed by atoms with van der Waals surface area (Å²) < 4.78 is 5.70. The van der Waals surface area contributed by atoms with Crippen molar-refractivity contribution in [3.63, 3.8) is 0 Å². The van der Waals surface area contributed by atoms with E-state index in [0.717, 1.165) is 35.4 Å². The highest BCUT2D eigenvalue weighted by Crippen LogP contribution is 2.30. The zero-order valence-corrected chi connectivity index (χ0v) is 15.4. The number of amides is 2. The highest BCUT2D eigenvalue weighted by atomic mass is 16.5. The van der Waals surface area contributed by atoms with Crippen LogP contribution in [0.25, 0.3) is 0 Å². The maximum absolute atomic E-state index is 12.1. The second-order valence-electron chi connectivity index (χ2n) is 6.91. The first kappa shape index (κ1) is 18.0. The molecule has 2 amide bonds. The summed E-state index contributed by atoms with van der Waals surface area (Å²) in [4.78, 5) is 23.9. The third-order valence-electron chi connectivity index (χ3n) is 4.34. The number of carbonyl (C=O) groups excluding carboxylic acids is 2. The molecule has 3 rings (SSSR count). The zero-order chi connectivity index (χ0) is 18.7. The lowest BCUT2D eigenvalue weighted by molar-refractivity contribution is -0.118. The SMILES string of the molecule is Cc1cc(C)c(OCC(=O)Nc2ccc(NC(=O)C3CC3)cc2)c(C)c1. The highest BCUT2D eigenvalue weighted by Gasteiger charge is 2.29. The van der Waals surface area contributed by atoms with Crippen molar-refractivity contribution in [1.29, 1.82) is 0 Å². The van der Waals surface area contributed by atoms with Crippen molar-refractivity contribution in [2.45, 2.75) is 33.6 Å². The van der Waals surface area contributed by atoms with Gasteiger partial charge in [0.25, 0.3) is 5.91 Å². The third kappa shape index (κ3) is 4.63. The zero-order valence-electron chi connectivity index (χ0n) is 15.4. The highest BCUT2D eigenvalue weighted by molar-refractivity contribution is 5.95. The van der Waals surface area contributed by atoms with Crippen LogP contribution in [0.5, 0.6) is 5.75 Å². The number of anilines is 2. The minimum atomic E-state index is -0.223. The topological polar surface area (TPSA) is 67.4 Å². The summed E-state index contributed by atoms with van der Waals surface area (Å²) in [6, 6.07) is 11.2. The first-order chi connectivity index (χ1) is 12.4. The number of benzene rings is 2. The van der Waals surface area contributed by atoms with E-state index in [2.05, 4.69) is 10.6 Å². The Morgan fingerprint density at radius 3 is 2.04 bits per heavy atom. The molecule has 0 aromatic heterocycles. The standard InChI is InChI=1S/C21H24N2O3/c1-13-10-14(2)20(15(3)11-13)26-12-19(24)22-17-6-8-18(9-7-17)23-21(25)16-4-5-16/h6-11,16H,4-5,12H2,1-3H3,(H,22,24)(H,23,25). The van der Waals surface area contributed by atoms with Gasteiger partial charge in [0.2, 0.25) is 5.91 Å². The number of aryl methyl sites for hydroxylation is 3. The van der Waals surface area contributed by atoms with E-state index in [1.54, 1.807) is 24.3 Å². The van der Waals surface area contributed by atoms with E-state index in [9.17, 15) is 9.59 Å². The summed E-state index contributed by atoms with van der Waals surface area (Å²) in [5.41, 5.74) is 4.62. The van der Waals surface area contributed by atoms with Gasteiger partial charge >= 0.3 is 0 Å². The molecule has 1 aliphatic rings. The van der Waals surface area contributed by atoms with E-state index >= 15 is 0 Å². The Balaban J connectivity index is 1.52. The smallest absolute Gasteiger partial charge is 0.262 e. The van der Waals surface area contributed by atoms with Crippen LogP contribution >= 0.6 is 0 Å². The Morgan fingerprint density at radius 1 is 0.962 bits per heavy atom. The molecule has 0 atom stereocenters. The molecule has 1 fully saturated rings. The van der Waals surface area contributed by atoms with Gasteiger partial charge in [0.15, 0.2) is 6.61 Å². The van der Waals surface area contributed by atoms with Gasteiger partial charge in [0.1, 0.15) is 5.75 Å². The molecule has 2 aromatic rings. The van der Waals surface area contributed by atoms with E-state index in [4.69, 9.17) is 4.74 Å². The average molecular weight is 352 g/mol. The molecule has 0 aliphatic heterocycles. The molecule has 0 bridgehead atoms.